The number of alkyl halides is 2. The van der Waals surface area contributed by atoms with E-state index >= 15 is 0 Å². The Balaban J connectivity index is 0.00000265. The molecule has 0 fully saturated rings. The zero-order chi connectivity index (χ0) is 25.0. The lowest BCUT2D eigenvalue weighted by Gasteiger charge is -2.16. The number of aliphatic hydroxyl groups is 1. The highest BCUT2D eigenvalue weighted by Gasteiger charge is 2.30. The number of nitrogens with zero attached hydrogens (tertiary/aromatic N) is 4. The Labute approximate surface area is 200 Å². The van der Waals surface area contributed by atoms with Gasteiger partial charge in [0.15, 0.2) is 0 Å². The number of aliphatic hydroxyl groups excluding tert-OH is 1. The molecule has 0 unspecified atom stereocenters. The molecule has 10 heteroatoms. The van der Waals surface area contributed by atoms with Gasteiger partial charge in [0.1, 0.15) is 34.7 Å². The minimum Gasteiger partial charge on any atom is -0.431 e. The number of pyridine rings is 1. The predicted octanol–water partition coefficient (Wildman–Crippen LogP) is 6.00. The van der Waals surface area contributed by atoms with Gasteiger partial charge in [-0.1, -0.05) is 50.2 Å². The molecule has 2 aromatic rings. The number of benzene rings is 1. The van der Waals surface area contributed by atoms with Crippen LogP contribution in [0.4, 0.5) is 8.78 Å². The SMILES string of the molecule is C=C/C(=C\N=C)CSc1nc(Cl)c(C#N)c(-c2ccc(OC(F)(F)CO)cc2)c1C#N.CC. The van der Waals surface area contributed by atoms with Crippen LogP contribution in [0.3, 0.4) is 0 Å². The fraction of sp³-hybridized carbons (Fsp3) is 0.217. The summed E-state index contributed by atoms with van der Waals surface area (Å²) in [5.74, 6) is 0.168. The maximum atomic E-state index is 13.2. The summed E-state index contributed by atoms with van der Waals surface area (Å²) in [4.78, 5) is 7.85. The quantitative estimate of drug-likeness (QED) is 0.200. The first kappa shape index (κ1) is 27.8. The average molecular weight is 491 g/mol. The zero-order valence-corrected chi connectivity index (χ0v) is 19.6. The van der Waals surface area contributed by atoms with Crippen molar-refractivity contribution in [1.82, 2.24) is 4.98 Å². The molecule has 0 radical (unpaired) electrons. The average Bonchev–Trinajstić information content (AvgIpc) is 2.82. The maximum Gasteiger partial charge on any atom is 0.421 e. The summed E-state index contributed by atoms with van der Waals surface area (Å²) in [6, 6.07) is 9.25. The summed E-state index contributed by atoms with van der Waals surface area (Å²) >= 11 is 7.38. The molecule has 0 aliphatic carbocycles. The molecule has 1 N–H and O–H groups in total. The van der Waals surface area contributed by atoms with Crippen LogP contribution in [0.2, 0.25) is 5.15 Å². The normalized spacial score (nSPS) is 10.8. The summed E-state index contributed by atoms with van der Waals surface area (Å²) in [5, 5.41) is 28.1. The van der Waals surface area contributed by atoms with Gasteiger partial charge in [-0.15, -0.1) is 11.8 Å². The number of allylic oxidation sites excluding steroid dienone is 1. The van der Waals surface area contributed by atoms with Crippen molar-refractivity contribution >= 4 is 30.1 Å². The highest BCUT2D eigenvalue weighted by molar-refractivity contribution is 7.99. The van der Waals surface area contributed by atoms with Crippen LogP contribution in [-0.4, -0.2) is 35.3 Å². The second-order valence-electron chi connectivity index (χ2n) is 5.86. The van der Waals surface area contributed by atoms with E-state index in [-0.39, 0.29) is 32.6 Å². The van der Waals surface area contributed by atoms with Gasteiger partial charge in [0.05, 0.1) is 11.1 Å². The third-order valence-corrected chi connectivity index (χ3v) is 5.15. The fourth-order valence-electron chi connectivity index (χ4n) is 2.45. The van der Waals surface area contributed by atoms with Crippen molar-refractivity contribution in [2.45, 2.75) is 25.0 Å². The van der Waals surface area contributed by atoms with Crippen LogP contribution in [0.15, 0.2) is 58.7 Å². The number of aliphatic imine (C=N–C) groups is 1. The van der Waals surface area contributed by atoms with Gasteiger partial charge < -0.3 is 9.84 Å². The first-order valence-corrected chi connectivity index (χ1v) is 10.9. The number of halogens is 3. The molecule has 0 bridgehead atoms. The molecule has 0 saturated carbocycles. The van der Waals surface area contributed by atoms with Crippen LogP contribution in [0.25, 0.3) is 11.1 Å². The molecular weight excluding hydrogens is 470 g/mol. The standard InChI is InChI=1S/C21H15ClF2N4O2S.C2H6/c1-3-13(10-27-2)11-31-20-17(9-26)18(16(8-25)19(22)28-20)14-4-6-15(7-5-14)30-21(23,24)12-29;1-2/h3-7,10,29H,1-2,11-12H2;1-2H3/b13-10+;. The van der Waals surface area contributed by atoms with Crippen molar-refractivity contribution in [3.05, 3.63) is 65.0 Å². The van der Waals surface area contributed by atoms with E-state index in [4.69, 9.17) is 16.7 Å². The van der Waals surface area contributed by atoms with Gasteiger partial charge in [0.25, 0.3) is 0 Å². The molecule has 0 saturated heterocycles. The largest absolute Gasteiger partial charge is 0.431 e. The van der Waals surface area contributed by atoms with Crippen molar-refractivity contribution in [1.29, 1.82) is 10.5 Å². The number of thioether (sulfide) groups is 1. The van der Waals surface area contributed by atoms with Crippen LogP contribution >= 0.6 is 23.4 Å². The Morgan fingerprint density at radius 3 is 2.36 bits per heavy atom. The predicted molar refractivity (Wildman–Crippen MR) is 127 cm³/mol. The number of hydrogen-bond acceptors (Lipinski definition) is 7. The molecular formula is C23H21ClF2N4O2S. The summed E-state index contributed by atoms with van der Waals surface area (Å²) < 4.78 is 30.9. The molecule has 0 spiro atoms. The Kier molecular flexibility index (Phi) is 11.2. The summed E-state index contributed by atoms with van der Waals surface area (Å²) in [7, 11) is 0. The van der Waals surface area contributed by atoms with E-state index in [1.807, 2.05) is 26.0 Å². The van der Waals surface area contributed by atoms with E-state index < -0.39 is 12.7 Å². The maximum absolute atomic E-state index is 13.2. The van der Waals surface area contributed by atoms with Crippen LogP contribution in [-0.2, 0) is 0 Å². The van der Waals surface area contributed by atoms with Crippen molar-refractivity contribution in [3.8, 4) is 29.0 Å². The van der Waals surface area contributed by atoms with Crippen LogP contribution in [0.5, 0.6) is 5.75 Å². The second kappa shape index (κ2) is 13.3. The molecule has 172 valence electrons. The molecule has 2 rings (SSSR count). The molecule has 1 aromatic heterocycles. The lowest BCUT2D eigenvalue weighted by atomic mass is 9.97. The Morgan fingerprint density at radius 1 is 1.27 bits per heavy atom. The van der Waals surface area contributed by atoms with Gasteiger partial charge in [0.2, 0.25) is 0 Å². The second-order valence-corrected chi connectivity index (χ2v) is 7.18. The highest BCUT2D eigenvalue weighted by atomic mass is 35.5. The monoisotopic (exact) mass is 490 g/mol. The van der Waals surface area contributed by atoms with Gasteiger partial charge in [-0.2, -0.15) is 19.3 Å². The molecule has 1 aromatic carbocycles. The third kappa shape index (κ3) is 7.40. The molecule has 1 heterocycles. The fourth-order valence-corrected chi connectivity index (χ4v) is 3.66. The van der Waals surface area contributed by atoms with E-state index in [2.05, 4.69) is 28.0 Å². The molecule has 0 aliphatic rings. The van der Waals surface area contributed by atoms with Crippen molar-refractivity contribution in [2.75, 3.05) is 12.4 Å². The van der Waals surface area contributed by atoms with Crippen molar-refractivity contribution in [2.24, 2.45) is 4.99 Å². The number of hydrogen-bond donors (Lipinski definition) is 1. The zero-order valence-electron chi connectivity index (χ0n) is 18.0. The summed E-state index contributed by atoms with van der Waals surface area (Å²) in [6.45, 7) is 9.59. The topological polar surface area (TPSA) is 102 Å². The van der Waals surface area contributed by atoms with E-state index in [0.29, 0.717) is 11.3 Å². The highest BCUT2D eigenvalue weighted by Crippen LogP contribution is 2.37. The van der Waals surface area contributed by atoms with E-state index in [1.165, 1.54) is 42.2 Å². The third-order valence-electron chi connectivity index (χ3n) is 3.83. The van der Waals surface area contributed by atoms with Crippen LogP contribution in [0.1, 0.15) is 25.0 Å². The minimum atomic E-state index is -3.74. The van der Waals surface area contributed by atoms with Crippen molar-refractivity contribution < 1.29 is 18.6 Å². The molecule has 0 amide bonds. The lowest BCUT2D eigenvalue weighted by Crippen LogP contribution is -2.28. The van der Waals surface area contributed by atoms with Crippen LogP contribution < -0.4 is 4.74 Å². The Bertz CT molecular complexity index is 1110. The molecule has 33 heavy (non-hydrogen) atoms. The Morgan fingerprint density at radius 2 is 1.88 bits per heavy atom. The Hall–Kier alpha value is -3.24. The van der Waals surface area contributed by atoms with Gasteiger partial charge in [-0.3, -0.25) is 4.99 Å². The number of nitriles is 2. The summed E-state index contributed by atoms with van der Waals surface area (Å²) in [6.07, 6.45) is -0.641. The lowest BCUT2D eigenvalue weighted by molar-refractivity contribution is -0.200. The first-order valence-electron chi connectivity index (χ1n) is 9.52. The molecule has 0 aliphatic heterocycles. The summed E-state index contributed by atoms with van der Waals surface area (Å²) in [5.41, 5.74) is 1.42. The van der Waals surface area contributed by atoms with Crippen LogP contribution in [0, 0.1) is 22.7 Å². The smallest absolute Gasteiger partial charge is 0.421 e. The first-order chi connectivity index (χ1) is 15.8. The molecule has 0 atom stereocenters. The van der Waals surface area contributed by atoms with E-state index in [9.17, 15) is 19.3 Å². The van der Waals surface area contributed by atoms with Crippen molar-refractivity contribution in [3.63, 3.8) is 0 Å². The minimum absolute atomic E-state index is 0.0239. The van der Waals surface area contributed by atoms with E-state index in [0.717, 1.165) is 5.57 Å². The number of aromatic nitrogens is 1. The molecule has 6 nitrogen and oxygen atoms in total. The van der Waals surface area contributed by atoms with Gasteiger partial charge >= 0.3 is 6.11 Å². The number of ether oxygens (including phenoxy) is 1. The van der Waals surface area contributed by atoms with Gasteiger partial charge in [-0.25, -0.2) is 4.98 Å². The number of rotatable bonds is 9. The van der Waals surface area contributed by atoms with Gasteiger partial charge in [-0.05, 0) is 30.0 Å². The van der Waals surface area contributed by atoms with Gasteiger partial charge in [0, 0.05) is 17.5 Å². The van der Waals surface area contributed by atoms with E-state index in [1.54, 1.807) is 6.08 Å².